The monoisotopic (exact) mass is 359 g/mol. The molecule has 6 heteroatoms. The number of allylic oxidation sites excluding steroid dienone is 1. The van der Waals surface area contributed by atoms with Gasteiger partial charge in [-0.3, -0.25) is 4.79 Å². The molecule has 0 N–H and O–H groups in total. The molecule has 1 heterocycles. The van der Waals surface area contributed by atoms with Crippen molar-refractivity contribution in [3.05, 3.63) is 65.7 Å². The molecule has 0 aromatic heterocycles. The average Bonchev–Trinajstić information content (AvgIpc) is 2.67. The maximum Gasteiger partial charge on any atom is 0.387 e. The quantitative estimate of drug-likeness (QED) is 0.577. The van der Waals surface area contributed by atoms with E-state index in [9.17, 15) is 13.6 Å². The number of hydrogen-bond acceptors (Lipinski definition) is 4. The second-order valence-corrected chi connectivity index (χ2v) is 5.79. The zero-order chi connectivity index (χ0) is 18.4. The van der Waals surface area contributed by atoms with Crippen LogP contribution >= 0.6 is 0 Å². The van der Waals surface area contributed by atoms with E-state index in [1.807, 2.05) is 24.3 Å². The van der Waals surface area contributed by atoms with E-state index >= 15 is 0 Å². The lowest BCUT2D eigenvalue weighted by Crippen LogP contribution is -2.36. The van der Waals surface area contributed by atoms with Crippen molar-refractivity contribution >= 4 is 17.5 Å². The first-order chi connectivity index (χ1) is 12.6. The number of nitrogens with zero attached hydrogens (tertiary/aromatic N) is 1. The second-order valence-electron chi connectivity index (χ2n) is 5.79. The van der Waals surface area contributed by atoms with E-state index < -0.39 is 6.61 Å². The fourth-order valence-corrected chi connectivity index (χ4v) is 2.69. The van der Waals surface area contributed by atoms with E-state index in [-0.39, 0.29) is 11.5 Å². The molecule has 1 aliphatic rings. The summed E-state index contributed by atoms with van der Waals surface area (Å²) in [6, 6.07) is 13.6. The molecule has 1 fully saturated rings. The minimum Gasteiger partial charge on any atom is -0.435 e. The maximum atomic E-state index is 12.2. The molecule has 0 saturated carbocycles. The normalized spacial score (nSPS) is 14.8. The zero-order valence-corrected chi connectivity index (χ0v) is 14.1. The van der Waals surface area contributed by atoms with Crippen molar-refractivity contribution in [2.24, 2.45) is 0 Å². The van der Waals surface area contributed by atoms with Crippen LogP contribution in [0.15, 0.2) is 54.6 Å². The molecule has 136 valence electrons. The summed E-state index contributed by atoms with van der Waals surface area (Å²) in [5.74, 6) is -0.176. The van der Waals surface area contributed by atoms with Crippen molar-refractivity contribution in [2.45, 2.75) is 6.61 Å². The van der Waals surface area contributed by atoms with Gasteiger partial charge in [0.25, 0.3) is 0 Å². The Labute approximate surface area is 150 Å². The Kier molecular flexibility index (Phi) is 5.96. The molecule has 0 unspecified atom stereocenters. The van der Waals surface area contributed by atoms with E-state index in [4.69, 9.17) is 4.74 Å². The smallest absolute Gasteiger partial charge is 0.387 e. The van der Waals surface area contributed by atoms with Crippen molar-refractivity contribution in [3.63, 3.8) is 0 Å². The van der Waals surface area contributed by atoms with Crippen LogP contribution < -0.4 is 9.64 Å². The van der Waals surface area contributed by atoms with E-state index in [1.54, 1.807) is 6.08 Å². The lowest BCUT2D eigenvalue weighted by atomic mass is 10.1. The first-order valence-corrected chi connectivity index (χ1v) is 8.32. The number of anilines is 1. The molecule has 0 atom stereocenters. The summed E-state index contributed by atoms with van der Waals surface area (Å²) >= 11 is 0. The molecule has 0 aliphatic carbocycles. The number of ether oxygens (including phenoxy) is 2. The highest BCUT2D eigenvalue weighted by atomic mass is 19.3. The number of carbonyl (C=O) groups is 1. The molecule has 1 aliphatic heterocycles. The summed E-state index contributed by atoms with van der Waals surface area (Å²) in [5, 5.41) is 0. The highest BCUT2D eigenvalue weighted by Crippen LogP contribution is 2.18. The number of morpholine rings is 1. The molecule has 2 aromatic carbocycles. The van der Waals surface area contributed by atoms with Crippen LogP contribution in [-0.4, -0.2) is 38.7 Å². The Morgan fingerprint density at radius 1 is 1.04 bits per heavy atom. The molecular formula is C20H19F2NO3. The summed E-state index contributed by atoms with van der Waals surface area (Å²) in [6.07, 6.45) is 3.20. The minimum atomic E-state index is -2.88. The third-order valence-corrected chi connectivity index (χ3v) is 4.06. The molecule has 4 nitrogen and oxygen atoms in total. The highest BCUT2D eigenvalue weighted by molar-refractivity contribution is 6.06. The van der Waals surface area contributed by atoms with Gasteiger partial charge in [0.05, 0.1) is 13.2 Å². The van der Waals surface area contributed by atoms with E-state index in [0.717, 1.165) is 37.6 Å². The van der Waals surface area contributed by atoms with Crippen LogP contribution in [-0.2, 0) is 4.74 Å². The molecule has 1 saturated heterocycles. The van der Waals surface area contributed by atoms with Crippen molar-refractivity contribution in [2.75, 3.05) is 31.2 Å². The van der Waals surface area contributed by atoms with Gasteiger partial charge in [-0.25, -0.2) is 0 Å². The third kappa shape index (κ3) is 4.89. The molecule has 0 amide bonds. The van der Waals surface area contributed by atoms with Crippen molar-refractivity contribution in [3.8, 4) is 5.75 Å². The number of hydrogen-bond donors (Lipinski definition) is 0. The molecule has 26 heavy (non-hydrogen) atoms. The van der Waals surface area contributed by atoms with Gasteiger partial charge in [-0.1, -0.05) is 18.2 Å². The van der Waals surface area contributed by atoms with Crippen LogP contribution in [0, 0.1) is 0 Å². The lowest BCUT2D eigenvalue weighted by Gasteiger charge is -2.28. The van der Waals surface area contributed by atoms with Gasteiger partial charge in [-0.05, 0) is 48.0 Å². The number of halogens is 2. The Morgan fingerprint density at radius 2 is 1.69 bits per heavy atom. The molecule has 3 rings (SSSR count). The Hall–Kier alpha value is -2.73. The molecule has 0 radical (unpaired) electrons. The summed E-state index contributed by atoms with van der Waals surface area (Å²) in [4.78, 5) is 14.4. The fraction of sp³-hybridized carbons (Fsp3) is 0.250. The molecule has 0 bridgehead atoms. The maximum absolute atomic E-state index is 12.2. The minimum absolute atomic E-state index is 0.0271. The molecular weight excluding hydrogens is 340 g/mol. The number of alkyl halides is 2. The van der Waals surface area contributed by atoms with E-state index in [1.165, 1.54) is 30.3 Å². The van der Waals surface area contributed by atoms with Gasteiger partial charge >= 0.3 is 6.61 Å². The third-order valence-electron chi connectivity index (χ3n) is 4.06. The standard InChI is InChI=1S/C20H19F2NO3/c21-20(22)26-18-8-4-16(5-9-18)19(24)10-3-15-1-6-17(7-2-15)23-11-13-25-14-12-23/h1-10,20H,11-14H2/b10-3+. The van der Waals surface area contributed by atoms with Crippen LogP contribution in [0.3, 0.4) is 0 Å². The van der Waals surface area contributed by atoms with Crippen molar-refractivity contribution < 1.29 is 23.0 Å². The van der Waals surface area contributed by atoms with Crippen molar-refractivity contribution in [1.82, 2.24) is 0 Å². The largest absolute Gasteiger partial charge is 0.435 e. The van der Waals surface area contributed by atoms with Gasteiger partial charge in [0.1, 0.15) is 5.75 Å². The summed E-state index contributed by atoms with van der Waals surface area (Å²) < 4.78 is 33.9. The molecule has 0 spiro atoms. The summed E-state index contributed by atoms with van der Waals surface area (Å²) in [7, 11) is 0. The van der Waals surface area contributed by atoms with Crippen LogP contribution in [0.4, 0.5) is 14.5 Å². The Morgan fingerprint density at radius 3 is 2.31 bits per heavy atom. The Balaban J connectivity index is 1.60. The Bertz CT molecular complexity index is 752. The zero-order valence-electron chi connectivity index (χ0n) is 14.1. The first kappa shape index (κ1) is 18.1. The highest BCUT2D eigenvalue weighted by Gasteiger charge is 2.10. The first-order valence-electron chi connectivity index (χ1n) is 8.32. The van der Waals surface area contributed by atoms with Crippen LogP contribution in [0.5, 0.6) is 5.75 Å². The predicted octanol–water partition coefficient (Wildman–Crippen LogP) is 4.02. The van der Waals surface area contributed by atoms with Gasteiger partial charge in [0.15, 0.2) is 5.78 Å². The molecule has 2 aromatic rings. The summed E-state index contributed by atoms with van der Waals surface area (Å²) in [6.45, 7) is 0.337. The van der Waals surface area contributed by atoms with E-state index in [2.05, 4.69) is 9.64 Å². The van der Waals surface area contributed by atoms with Gasteiger partial charge in [-0.2, -0.15) is 8.78 Å². The topological polar surface area (TPSA) is 38.8 Å². The van der Waals surface area contributed by atoms with Gasteiger partial charge in [0, 0.05) is 24.3 Å². The average molecular weight is 359 g/mol. The van der Waals surface area contributed by atoms with Gasteiger partial charge in [-0.15, -0.1) is 0 Å². The van der Waals surface area contributed by atoms with E-state index in [0.29, 0.717) is 5.56 Å². The van der Waals surface area contributed by atoms with Crippen LogP contribution in [0.2, 0.25) is 0 Å². The van der Waals surface area contributed by atoms with Crippen molar-refractivity contribution in [1.29, 1.82) is 0 Å². The lowest BCUT2D eigenvalue weighted by molar-refractivity contribution is -0.0498. The van der Waals surface area contributed by atoms with Gasteiger partial charge in [0.2, 0.25) is 0 Å². The number of rotatable bonds is 6. The fourth-order valence-electron chi connectivity index (χ4n) is 2.69. The summed E-state index contributed by atoms with van der Waals surface area (Å²) in [5.41, 5.74) is 2.45. The number of carbonyl (C=O) groups excluding carboxylic acids is 1. The SMILES string of the molecule is O=C(/C=C/c1ccc(N2CCOCC2)cc1)c1ccc(OC(F)F)cc1. The van der Waals surface area contributed by atoms with Crippen LogP contribution in [0.25, 0.3) is 6.08 Å². The second kappa shape index (κ2) is 8.58. The van der Waals surface area contributed by atoms with Gasteiger partial charge < -0.3 is 14.4 Å². The number of benzene rings is 2. The predicted molar refractivity (Wildman–Crippen MR) is 95.9 cm³/mol. The van der Waals surface area contributed by atoms with Crippen LogP contribution in [0.1, 0.15) is 15.9 Å². The number of ketones is 1.